The van der Waals surface area contributed by atoms with Crippen LogP contribution in [0.25, 0.3) is 15.7 Å². The summed E-state index contributed by atoms with van der Waals surface area (Å²) >= 11 is 7.72. The molecule has 2 amide bonds. The number of rotatable bonds is 4. The standard InChI is InChI=1S/C29H32ClFN4O4S/c1-29(2,3)39-28(37)35-10-6-7-18(17-35)19-15-21(30)20-16-23(40-25(20)24(19)31)27(36)34-13-11-33(12-14-34)26-22(38-4)8-5-9-32-26/h5,7-9,15-16H,6,10-14,17H2,1-4H3. The molecule has 1 saturated heterocycles. The van der Waals surface area contributed by atoms with Crippen LogP contribution in [0.2, 0.25) is 5.02 Å². The maximum atomic E-state index is 15.9. The number of carbonyl (C=O) groups excluding carboxylic acids is 2. The highest BCUT2D eigenvalue weighted by Gasteiger charge is 2.29. The highest BCUT2D eigenvalue weighted by atomic mass is 35.5. The molecule has 2 aromatic heterocycles. The minimum atomic E-state index is -0.621. The maximum absolute atomic E-state index is 15.9. The molecular weight excluding hydrogens is 555 g/mol. The number of fused-ring (bicyclic) bond motifs is 1. The van der Waals surface area contributed by atoms with Crippen molar-refractivity contribution >= 4 is 56.4 Å². The normalized spacial score (nSPS) is 16.2. The van der Waals surface area contributed by atoms with E-state index in [1.807, 2.05) is 39.0 Å². The fourth-order valence-corrected chi connectivity index (χ4v) is 6.34. The van der Waals surface area contributed by atoms with E-state index in [9.17, 15) is 9.59 Å². The molecule has 11 heteroatoms. The van der Waals surface area contributed by atoms with Crippen molar-refractivity contribution in [3.63, 3.8) is 0 Å². The van der Waals surface area contributed by atoms with Crippen molar-refractivity contribution in [3.05, 3.63) is 57.8 Å². The lowest BCUT2D eigenvalue weighted by Crippen LogP contribution is -2.49. The van der Waals surface area contributed by atoms with Crippen LogP contribution in [0.4, 0.5) is 15.0 Å². The van der Waals surface area contributed by atoms with E-state index in [1.165, 1.54) is 0 Å². The van der Waals surface area contributed by atoms with Gasteiger partial charge >= 0.3 is 6.09 Å². The van der Waals surface area contributed by atoms with Crippen molar-refractivity contribution in [1.29, 1.82) is 0 Å². The number of aromatic nitrogens is 1. The molecule has 0 unspecified atom stereocenters. The van der Waals surface area contributed by atoms with Crippen LogP contribution in [-0.4, -0.2) is 78.8 Å². The molecule has 4 heterocycles. The predicted octanol–water partition coefficient (Wildman–Crippen LogP) is 6.08. The molecule has 0 spiro atoms. The molecule has 0 radical (unpaired) electrons. The Morgan fingerprint density at radius 3 is 2.55 bits per heavy atom. The van der Waals surface area contributed by atoms with Crippen LogP contribution in [-0.2, 0) is 4.74 Å². The number of benzene rings is 1. The molecule has 5 rings (SSSR count). The highest BCUT2D eigenvalue weighted by molar-refractivity contribution is 7.21. The third kappa shape index (κ3) is 5.74. The molecule has 0 saturated carbocycles. The summed E-state index contributed by atoms with van der Waals surface area (Å²) in [5, 5.41) is 0.873. The van der Waals surface area contributed by atoms with Crippen molar-refractivity contribution in [2.45, 2.75) is 32.8 Å². The topological polar surface area (TPSA) is 75.2 Å². The second-order valence-electron chi connectivity index (χ2n) is 10.8. The average Bonchev–Trinajstić information content (AvgIpc) is 3.40. The van der Waals surface area contributed by atoms with Crippen molar-refractivity contribution < 1.29 is 23.5 Å². The summed E-state index contributed by atoms with van der Waals surface area (Å²) in [6.07, 6.45) is 3.79. The monoisotopic (exact) mass is 586 g/mol. The van der Waals surface area contributed by atoms with Crippen LogP contribution in [0.1, 0.15) is 42.4 Å². The average molecular weight is 587 g/mol. The number of pyridine rings is 1. The first-order valence-electron chi connectivity index (χ1n) is 13.2. The summed E-state index contributed by atoms with van der Waals surface area (Å²) < 4.78 is 27.2. The Hall–Kier alpha value is -3.37. The van der Waals surface area contributed by atoms with Crippen molar-refractivity contribution in [2.75, 3.05) is 51.3 Å². The summed E-state index contributed by atoms with van der Waals surface area (Å²) in [7, 11) is 1.61. The first kappa shape index (κ1) is 28.2. The van der Waals surface area contributed by atoms with Crippen LogP contribution in [0.15, 0.2) is 36.5 Å². The Labute approximate surface area is 241 Å². The molecular formula is C29H32ClFN4O4S. The van der Waals surface area contributed by atoms with Gasteiger partial charge in [-0.15, -0.1) is 11.3 Å². The molecule has 0 aliphatic carbocycles. The molecule has 2 aliphatic rings. The predicted molar refractivity (Wildman–Crippen MR) is 156 cm³/mol. The fourth-order valence-electron chi connectivity index (χ4n) is 4.94. The van der Waals surface area contributed by atoms with E-state index in [4.69, 9.17) is 21.1 Å². The quantitative estimate of drug-likeness (QED) is 0.369. The number of amides is 2. The zero-order valence-corrected chi connectivity index (χ0v) is 24.6. The Balaban J connectivity index is 1.33. The molecule has 0 bridgehead atoms. The Morgan fingerprint density at radius 1 is 1.10 bits per heavy atom. The van der Waals surface area contributed by atoms with Crippen molar-refractivity contribution in [1.82, 2.24) is 14.8 Å². The third-order valence-corrected chi connectivity index (χ3v) is 8.32. The van der Waals surface area contributed by atoms with Gasteiger partial charge in [0.2, 0.25) is 0 Å². The van der Waals surface area contributed by atoms with Gasteiger partial charge in [-0.3, -0.25) is 4.79 Å². The highest BCUT2D eigenvalue weighted by Crippen LogP contribution is 2.39. The summed E-state index contributed by atoms with van der Waals surface area (Å²) in [5.74, 6) is 0.851. The van der Waals surface area contributed by atoms with Gasteiger partial charge in [-0.05, 0) is 57.0 Å². The van der Waals surface area contributed by atoms with Crippen molar-refractivity contribution in [3.8, 4) is 5.75 Å². The zero-order chi connectivity index (χ0) is 28.6. The first-order valence-corrected chi connectivity index (χ1v) is 14.4. The Bertz CT molecular complexity index is 1480. The summed E-state index contributed by atoms with van der Waals surface area (Å²) in [5.41, 5.74) is 0.384. The number of hydrogen-bond acceptors (Lipinski definition) is 7. The minimum Gasteiger partial charge on any atom is -0.493 e. The molecule has 1 aromatic carbocycles. The number of halogens is 2. The van der Waals surface area contributed by atoms with Gasteiger partial charge in [0.15, 0.2) is 11.6 Å². The zero-order valence-electron chi connectivity index (χ0n) is 23.0. The van der Waals surface area contributed by atoms with E-state index in [0.29, 0.717) is 76.0 Å². The molecule has 2 aliphatic heterocycles. The van der Waals surface area contributed by atoms with Crippen LogP contribution < -0.4 is 9.64 Å². The maximum Gasteiger partial charge on any atom is 0.410 e. The summed E-state index contributed by atoms with van der Waals surface area (Å²) in [6.45, 7) is 8.36. The molecule has 8 nitrogen and oxygen atoms in total. The molecule has 0 N–H and O–H groups in total. The number of anilines is 1. The van der Waals surface area contributed by atoms with Gasteiger partial charge in [-0.1, -0.05) is 17.7 Å². The van der Waals surface area contributed by atoms with Gasteiger partial charge in [0.1, 0.15) is 11.4 Å². The van der Waals surface area contributed by atoms with Gasteiger partial charge in [0, 0.05) is 56.4 Å². The number of carbonyl (C=O) groups is 2. The number of ether oxygens (including phenoxy) is 2. The van der Waals surface area contributed by atoms with Gasteiger partial charge < -0.3 is 24.2 Å². The number of nitrogens with zero attached hydrogens (tertiary/aromatic N) is 4. The van der Waals surface area contributed by atoms with Crippen LogP contribution in [0, 0.1) is 5.82 Å². The first-order chi connectivity index (χ1) is 19.1. The fraction of sp³-hybridized carbons (Fsp3) is 0.414. The van der Waals surface area contributed by atoms with Gasteiger partial charge in [-0.2, -0.15) is 0 Å². The summed E-state index contributed by atoms with van der Waals surface area (Å²) in [6, 6.07) is 6.95. The molecule has 0 atom stereocenters. The Kier molecular flexibility index (Phi) is 7.92. The lowest BCUT2D eigenvalue weighted by molar-refractivity contribution is 0.0272. The minimum absolute atomic E-state index is 0.154. The molecule has 1 fully saturated rings. The van der Waals surface area contributed by atoms with E-state index >= 15 is 4.39 Å². The van der Waals surface area contributed by atoms with E-state index in [1.54, 1.807) is 35.2 Å². The van der Waals surface area contributed by atoms with E-state index in [2.05, 4.69) is 9.88 Å². The van der Waals surface area contributed by atoms with E-state index < -0.39 is 17.5 Å². The van der Waals surface area contributed by atoms with E-state index in [0.717, 1.165) is 17.2 Å². The largest absolute Gasteiger partial charge is 0.493 e. The van der Waals surface area contributed by atoms with Gasteiger partial charge in [-0.25, -0.2) is 14.2 Å². The number of thiophene rings is 1. The second kappa shape index (κ2) is 11.2. The molecule has 40 heavy (non-hydrogen) atoms. The van der Waals surface area contributed by atoms with Gasteiger partial charge in [0.05, 0.1) is 21.7 Å². The van der Waals surface area contributed by atoms with Crippen molar-refractivity contribution in [2.24, 2.45) is 0 Å². The molecule has 3 aromatic rings. The van der Waals surface area contributed by atoms with Crippen LogP contribution >= 0.6 is 22.9 Å². The smallest absolute Gasteiger partial charge is 0.410 e. The number of methoxy groups -OCH3 is 1. The summed E-state index contributed by atoms with van der Waals surface area (Å²) in [4.78, 5) is 36.3. The van der Waals surface area contributed by atoms with Crippen LogP contribution in [0.5, 0.6) is 5.75 Å². The second-order valence-corrected chi connectivity index (χ2v) is 12.3. The van der Waals surface area contributed by atoms with Crippen LogP contribution in [0.3, 0.4) is 0 Å². The molecule has 212 valence electrons. The SMILES string of the molecule is COc1cccnc1N1CCN(C(=O)c2cc3c(Cl)cc(C4=CCCN(C(=O)OC(C)(C)C)C4)c(F)c3s2)CC1. The van der Waals surface area contributed by atoms with E-state index in [-0.39, 0.29) is 12.5 Å². The van der Waals surface area contributed by atoms with Gasteiger partial charge in [0.25, 0.3) is 5.91 Å². The number of piperazine rings is 1. The lowest BCUT2D eigenvalue weighted by Gasteiger charge is -2.35. The third-order valence-electron chi connectivity index (χ3n) is 6.89. The number of hydrogen-bond donors (Lipinski definition) is 0. The lowest BCUT2D eigenvalue weighted by atomic mass is 10.00. The Morgan fingerprint density at radius 2 is 1.85 bits per heavy atom.